The minimum absolute atomic E-state index is 0.304. The standard InChI is InChI=1S/C13H10F6/c1-2-9-10(8-6-4-3-5-7-8)12(16,17)13(18,19)11(9,14)15/h3-7H,2H2,1H3. The summed E-state index contributed by atoms with van der Waals surface area (Å²) in [6.45, 7) is 1.16. The molecular formula is C13H10F6. The maximum atomic E-state index is 13.7. The fourth-order valence-electron chi connectivity index (χ4n) is 2.25. The van der Waals surface area contributed by atoms with Crippen LogP contribution in [0, 0.1) is 0 Å². The summed E-state index contributed by atoms with van der Waals surface area (Å²) in [6.07, 6.45) is -0.567. The van der Waals surface area contributed by atoms with Crippen LogP contribution in [0.3, 0.4) is 0 Å². The smallest absolute Gasteiger partial charge is 0.194 e. The molecule has 104 valence electrons. The van der Waals surface area contributed by atoms with Crippen molar-refractivity contribution in [3.05, 3.63) is 41.5 Å². The van der Waals surface area contributed by atoms with Crippen LogP contribution in [0.5, 0.6) is 0 Å². The second kappa shape index (κ2) is 4.02. The Morgan fingerprint density at radius 3 is 1.84 bits per heavy atom. The van der Waals surface area contributed by atoms with E-state index in [4.69, 9.17) is 0 Å². The van der Waals surface area contributed by atoms with Gasteiger partial charge < -0.3 is 0 Å². The highest BCUT2D eigenvalue weighted by molar-refractivity contribution is 5.79. The molecule has 19 heavy (non-hydrogen) atoms. The van der Waals surface area contributed by atoms with Gasteiger partial charge >= 0.3 is 17.8 Å². The van der Waals surface area contributed by atoms with Crippen LogP contribution in [-0.2, 0) is 0 Å². The largest absolute Gasteiger partial charge is 0.380 e. The molecule has 0 heterocycles. The van der Waals surface area contributed by atoms with E-state index in [0.29, 0.717) is 0 Å². The van der Waals surface area contributed by atoms with Gasteiger partial charge in [-0.2, -0.15) is 26.3 Å². The fourth-order valence-corrected chi connectivity index (χ4v) is 2.25. The molecule has 0 spiro atoms. The van der Waals surface area contributed by atoms with Gasteiger partial charge in [-0.15, -0.1) is 0 Å². The Kier molecular flexibility index (Phi) is 2.95. The van der Waals surface area contributed by atoms with E-state index in [1.807, 2.05) is 0 Å². The van der Waals surface area contributed by atoms with Crippen molar-refractivity contribution in [3.8, 4) is 0 Å². The Bertz CT molecular complexity index is 515. The van der Waals surface area contributed by atoms with Gasteiger partial charge in [-0.25, -0.2) is 0 Å². The predicted molar refractivity (Wildman–Crippen MR) is 58.5 cm³/mol. The molecule has 0 radical (unpaired) electrons. The van der Waals surface area contributed by atoms with Gasteiger partial charge in [-0.3, -0.25) is 0 Å². The summed E-state index contributed by atoms with van der Waals surface area (Å²) in [4.78, 5) is 0. The third-order valence-corrected chi connectivity index (χ3v) is 3.20. The zero-order valence-corrected chi connectivity index (χ0v) is 9.86. The zero-order valence-electron chi connectivity index (χ0n) is 9.86. The molecule has 6 heteroatoms. The Labute approximate surface area is 105 Å². The van der Waals surface area contributed by atoms with Crippen LogP contribution in [0.4, 0.5) is 26.3 Å². The lowest BCUT2D eigenvalue weighted by Crippen LogP contribution is -2.49. The molecule has 0 fully saturated rings. The van der Waals surface area contributed by atoms with E-state index >= 15 is 0 Å². The van der Waals surface area contributed by atoms with Crippen molar-refractivity contribution in [3.63, 3.8) is 0 Å². The first-order valence-electron chi connectivity index (χ1n) is 5.61. The molecule has 1 aromatic carbocycles. The maximum Gasteiger partial charge on any atom is 0.380 e. The molecule has 2 rings (SSSR count). The quantitative estimate of drug-likeness (QED) is 0.684. The van der Waals surface area contributed by atoms with Crippen LogP contribution in [-0.4, -0.2) is 17.8 Å². The van der Waals surface area contributed by atoms with Crippen LogP contribution in [0.25, 0.3) is 5.57 Å². The van der Waals surface area contributed by atoms with Crippen molar-refractivity contribution >= 4 is 5.57 Å². The molecule has 0 saturated carbocycles. The second-order valence-corrected chi connectivity index (χ2v) is 4.30. The van der Waals surface area contributed by atoms with E-state index in [-0.39, 0.29) is 5.56 Å². The lowest BCUT2D eigenvalue weighted by molar-refractivity contribution is -0.260. The molecule has 0 unspecified atom stereocenters. The third kappa shape index (κ3) is 1.61. The Morgan fingerprint density at radius 1 is 0.842 bits per heavy atom. The maximum absolute atomic E-state index is 13.7. The number of halogens is 6. The summed E-state index contributed by atoms with van der Waals surface area (Å²) in [6, 6.07) is 6.40. The summed E-state index contributed by atoms with van der Waals surface area (Å²) in [7, 11) is 0. The summed E-state index contributed by atoms with van der Waals surface area (Å²) < 4.78 is 81.2. The van der Waals surface area contributed by atoms with Gasteiger partial charge in [0, 0.05) is 11.1 Å². The van der Waals surface area contributed by atoms with E-state index in [2.05, 4.69) is 0 Å². The van der Waals surface area contributed by atoms with Crippen LogP contribution < -0.4 is 0 Å². The molecule has 0 N–H and O–H groups in total. The van der Waals surface area contributed by atoms with E-state index in [1.54, 1.807) is 0 Å². The van der Waals surface area contributed by atoms with Gasteiger partial charge in [0.15, 0.2) is 0 Å². The van der Waals surface area contributed by atoms with Crippen molar-refractivity contribution in [1.29, 1.82) is 0 Å². The average Bonchev–Trinajstić information content (AvgIpc) is 2.45. The monoisotopic (exact) mass is 280 g/mol. The topological polar surface area (TPSA) is 0 Å². The Hall–Kier alpha value is -1.46. The van der Waals surface area contributed by atoms with Gasteiger partial charge in [0.2, 0.25) is 0 Å². The zero-order chi connectivity index (χ0) is 14.5. The van der Waals surface area contributed by atoms with E-state index < -0.39 is 35.3 Å². The van der Waals surface area contributed by atoms with Crippen molar-refractivity contribution < 1.29 is 26.3 Å². The van der Waals surface area contributed by atoms with Crippen LogP contribution in [0.1, 0.15) is 18.9 Å². The fraction of sp³-hybridized carbons (Fsp3) is 0.385. The van der Waals surface area contributed by atoms with E-state index in [9.17, 15) is 26.3 Å². The summed E-state index contributed by atoms with van der Waals surface area (Å²) in [5, 5.41) is 0. The Morgan fingerprint density at radius 2 is 1.37 bits per heavy atom. The van der Waals surface area contributed by atoms with Gasteiger partial charge in [-0.1, -0.05) is 37.3 Å². The molecule has 0 aromatic heterocycles. The van der Waals surface area contributed by atoms with Crippen molar-refractivity contribution in [1.82, 2.24) is 0 Å². The first-order valence-corrected chi connectivity index (χ1v) is 5.61. The molecule has 1 aliphatic rings. The minimum atomic E-state index is -5.41. The summed E-state index contributed by atoms with van der Waals surface area (Å²) >= 11 is 0. The number of rotatable bonds is 2. The normalized spacial score (nSPS) is 23.7. The molecule has 1 aromatic rings. The average molecular weight is 280 g/mol. The van der Waals surface area contributed by atoms with Crippen LogP contribution in [0.15, 0.2) is 35.9 Å². The van der Waals surface area contributed by atoms with Crippen LogP contribution >= 0.6 is 0 Å². The minimum Gasteiger partial charge on any atom is -0.194 e. The Balaban J connectivity index is 2.74. The molecule has 0 nitrogen and oxygen atoms in total. The van der Waals surface area contributed by atoms with Gasteiger partial charge in [-0.05, 0) is 12.0 Å². The highest BCUT2D eigenvalue weighted by Crippen LogP contribution is 2.62. The van der Waals surface area contributed by atoms with Crippen LogP contribution in [0.2, 0.25) is 0 Å². The SMILES string of the molecule is CCC1=C(c2ccccc2)C(F)(F)C(F)(F)C1(F)F. The van der Waals surface area contributed by atoms with Crippen molar-refractivity contribution in [2.24, 2.45) is 0 Å². The molecule has 0 aliphatic heterocycles. The van der Waals surface area contributed by atoms with E-state index in [1.165, 1.54) is 18.2 Å². The summed E-state index contributed by atoms with van der Waals surface area (Å²) in [5.74, 6) is -15.1. The number of allylic oxidation sites excluding steroid dienone is 2. The number of hydrogen-bond acceptors (Lipinski definition) is 0. The molecule has 0 saturated heterocycles. The van der Waals surface area contributed by atoms with Crippen molar-refractivity contribution in [2.75, 3.05) is 0 Å². The van der Waals surface area contributed by atoms with Gasteiger partial charge in [0.05, 0.1) is 0 Å². The number of alkyl halides is 6. The molecule has 0 bridgehead atoms. The first-order chi connectivity index (χ1) is 8.68. The second-order valence-electron chi connectivity index (χ2n) is 4.30. The molecular weight excluding hydrogens is 270 g/mol. The molecule has 0 amide bonds. The van der Waals surface area contributed by atoms with Crippen molar-refractivity contribution in [2.45, 2.75) is 31.1 Å². The molecule has 1 aliphatic carbocycles. The predicted octanol–water partition coefficient (Wildman–Crippen LogP) is 4.77. The summed E-state index contributed by atoms with van der Waals surface area (Å²) in [5.41, 5.74) is -2.76. The molecule has 0 atom stereocenters. The third-order valence-electron chi connectivity index (χ3n) is 3.20. The van der Waals surface area contributed by atoms with Gasteiger partial charge in [0.1, 0.15) is 0 Å². The van der Waals surface area contributed by atoms with E-state index in [0.717, 1.165) is 19.1 Å². The lowest BCUT2D eigenvalue weighted by Gasteiger charge is -2.25. The first kappa shape index (κ1) is 14.0. The highest BCUT2D eigenvalue weighted by atomic mass is 19.3. The number of hydrogen-bond donors (Lipinski definition) is 0. The van der Waals surface area contributed by atoms with Gasteiger partial charge in [0.25, 0.3) is 0 Å². The number of benzene rings is 1. The lowest BCUT2D eigenvalue weighted by atomic mass is 9.98. The highest BCUT2D eigenvalue weighted by Gasteiger charge is 2.79.